The number of carbonyl (C=O) groups excluding carboxylic acids is 5. The van der Waals surface area contributed by atoms with E-state index in [1.165, 1.54) is 6.08 Å². The number of aliphatic hydroxyl groups is 1. The molecule has 0 aliphatic carbocycles. The van der Waals surface area contributed by atoms with Gasteiger partial charge in [-0.15, -0.1) is 0 Å². The number of alkyl carbamates (subject to hydrolysis) is 1. The Labute approximate surface area is 234 Å². The minimum atomic E-state index is -1.37. The summed E-state index contributed by atoms with van der Waals surface area (Å²) in [6, 6.07) is 5.72. The molecule has 1 fully saturated rings. The van der Waals surface area contributed by atoms with Crippen LogP contribution in [-0.2, 0) is 35.1 Å². The second kappa shape index (κ2) is 15.6. The quantitative estimate of drug-likeness (QED) is 0.174. The van der Waals surface area contributed by atoms with Gasteiger partial charge in [0.05, 0.1) is 13.2 Å². The number of esters is 1. The molecular weight excluding hydrogens is 520 g/mol. The summed E-state index contributed by atoms with van der Waals surface area (Å²) in [7, 11) is 0. The molecule has 0 unspecified atom stereocenters. The van der Waals surface area contributed by atoms with Gasteiger partial charge in [-0.25, -0.2) is 9.59 Å². The van der Waals surface area contributed by atoms with E-state index >= 15 is 0 Å². The van der Waals surface area contributed by atoms with Crippen LogP contribution in [0.15, 0.2) is 42.5 Å². The highest BCUT2D eigenvalue weighted by atomic mass is 16.6. The van der Waals surface area contributed by atoms with Gasteiger partial charge in [-0.3, -0.25) is 14.4 Å². The Bertz CT molecular complexity index is 1050. The van der Waals surface area contributed by atoms with Gasteiger partial charge in [0.25, 0.3) is 0 Å². The first-order valence-electron chi connectivity index (χ1n) is 13.3. The van der Waals surface area contributed by atoms with Crippen LogP contribution in [0.5, 0.6) is 0 Å². The summed E-state index contributed by atoms with van der Waals surface area (Å²) in [6.45, 7) is 6.66. The molecule has 0 spiro atoms. The molecule has 1 aromatic rings. The average Bonchev–Trinajstić information content (AvgIpc) is 3.28. The normalized spacial score (nSPS) is 17.3. The maximum absolute atomic E-state index is 13.2. The number of hydrogen-bond acceptors (Lipinski definition) is 8. The summed E-state index contributed by atoms with van der Waals surface area (Å²) < 4.78 is 10.2. The Morgan fingerprint density at radius 2 is 1.75 bits per heavy atom. The van der Waals surface area contributed by atoms with Gasteiger partial charge < -0.3 is 35.8 Å². The minimum Gasteiger partial charge on any atom is -0.463 e. The molecule has 1 aliphatic heterocycles. The van der Waals surface area contributed by atoms with E-state index in [1.54, 1.807) is 52.0 Å². The maximum Gasteiger partial charge on any atom is 0.408 e. The predicted octanol–water partition coefficient (Wildman–Crippen LogP) is 0.730. The van der Waals surface area contributed by atoms with E-state index in [2.05, 4.69) is 21.3 Å². The third-order valence-electron chi connectivity index (χ3n) is 5.89. The van der Waals surface area contributed by atoms with Gasteiger partial charge in [-0.1, -0.05) is 36.4 Å². The standard InChI is InChI=1S/C28H40N4O8/c1-5-39-23(34)12-11-20(16-19-13-14-29-24(19)35)30-26(37)22(17-33)31-25(36)21(15-18-9-7-6-8-10-18)32-27(38)40-28(2,3)4/h6-12,19-22,33H,5,13-17H2,1-4H3,(H,29,35)(H,30,37)(H,31,36)(H,32,38)/b12-11+/t19-,20+,21-,22-/m0/s1. The smallest absolute Gasteiger partial charge is 0.408 e. The van der Waals surface area contributed by atoms with Crippen molar-refractivity contribution in [3.8, 4) is 0 Å². The number of rotatable bonds is 13. The molecule has 4 amide bonds. The van der Waals surface area contributed by atoms with Crippen molar-refractivity contribution in [1.82, 2.24) is 21.3 Å². The summed E-state index contributed by atoms with van der Waals surface area (Å²) in [5.74, 6) is -2.59. The fraction of sp³-hybridized carbons (Fsp3) is 0.536. The van der Waals surface area contributed by atoms with Crippen LogP contribution in [0.3, 0.4) is 0 Å². The second-order valence-electron chi connectivity index (χ2n) is 10.4. The van der Waals surface area contributed by atoms with Crippen molar-refractivity contribution in [2.45, 2.75) is 70.7 Å². The number of nitrogens with one attached hydrogen (secondary N) is 4. The Morgan fingerprint density at radius 3 is 2.33 bits per heavy atom. The lowest BCUT2D eigenvalue weighted by Gasteiger charge is -2.26. The van der Waals surface area contributed by atoms with Gasteiger partial charge in [-0.2, -0.15) is 0 Å². The fourth-order valence-corrected chi connectivity index (χ4v) is 4.01. The van der Waals surface area contributed by atoms with Crippen LogP contribution in [-0.4, -0.2) is 78.4 Å². The molecule has 1 aliphatic rings. The van der Waals surface area contributed by atoms with E-state index in [-0.39, 0.29) is 31.3 Å². The molecule has 2 rings (SSSR count). The Hall–Kier alpha value is -3.93. The highest BCUT2D eigenvalue weighted by Gasteiger charge is 2.31. The van der Waals surface area contributed by atoms with Gasteiger partial charge in [0.15, 0.2) is 0 Å². The molecule has 0 bridgehead atoms. The number of carbonyl (C=O) groups is 5. The zero-order valence-electron chi connectivity index (χ0n) is 23.4. The van der Waals surface area contributed by atoms with Crippen molar-refractivity contribution >= 4 is 29.8 Å². The van der Waals surface area contributed by atoms with Gasteiger partial charge in [-0.05, 0) is 46.1 Å². The van der Waals surface area contributed by atoms with Gasteiger partial charge >= 0.3 is 12.1 Å². The largest absolute Gasteiger partial charge is 0.463 e. The number of amides is 4. The number of hydrogen-bond donors (Lipinski definition) is 5. The zero-order chi connectivity index (χ0) is 29.7. The molecule has 1 aromatic carbocycles. The summed E-state index contributed by atoms with van der Waals surface area (Å²) in [5.41, 5.74) is -0.0454. The van der Waals surface area contributed by atoms with Crippen molar-refractivity contribution in [1.29, 1.82) is 0 Å². The Balaban J connectivity index is 2.15. The van der Waals surface area contributed by atoms with Gasteiger partial charge in [0.1, 0.15) is 17.7 Å². The SMILES string of the molecule is CCOC(=O)/C=C/[C@H](C[C@@H]1CCNC1=O)NC(=O)[C@H](CO)NC(=O)[C@H](Cc1ccccc1)NC(=O)OC(C)(C)C. The van der Waals surface area contributed by atoms with Crippen LogP contribution < -0.4 is 21.3 Å². The molecule has 12 nitrogen and oxygen atoms in total. The first-order chi connectivity index (χ1) is 18.9. The van der Waals surface area contributed by atoms with Crippen molar-refractivity contribution in [2.75, 3.05) is 19.8 Å². The summed E-state index contributed by atoms with van der Waals surface area (Å²) >= 11 is 0. The van der Waals surface area contributed by atoms with Crippen LogP contribution >= 0.6 is 0 Å². The summed E-state index contributed by atoms with van der Waals surface area (Å²) in [5, 5.41) is 20.4. The highest BCUT2D eigenvalue weighted by Crippen LogP contribution is 2.17. The van der Waals surface area contributed by atoms with Crippen LogP contribution in [0.4, 0.5) is 4.79 Å². The third kappa shape index (κ3) is 11.4. The Kier molecular flexibility index (Phi) is 12.6. The van der Waals surface area contributed by atoms with E-state index in [4.69, 9.17) is 9.47 Å². The van der Waals surface area contributed by atoms with Crippen LogP contribution in [0.1, 0.15) is 46.1 Å². The molecule has 4 atom stereocenters. The van der Waals surface area contributed by atoms with E-state index in [0.29, 0.717) is 13.0 Å². The van der Waals surface area contributed by atoms with Crippen LogP contribution in [0.2, 0.25) is 0 Å². The minimum absolute atomic E-state index is 0.105. The third-order valence-corrected chi connectivity index (χ3v) is 5.89. The summed E-state index contributed by atoms with van der Waals surface area (Å²) in [4.78, 5) is 62.7. The molecule has 5 N–H and O–H groups in total. The van der Waals surface area contributed by atoms with E-state index in [9.17, 15) is 29.1 Å². The zero-order valence-corrected chi connectivity index (χ0v) is 23.4. The molecule has 1 saturated heterocycles. The topological polar surface area (TPSA) is 172 Å². The first kappa shape index (κ1) is 32.3. The predicted molar refractivity (Wildman–Crippen MR) is 146 cm³/mol. The van der Waals surface area contributed by atoms with Crippen molar-refractivity contribution < 1.29 is 38.6 Å². The second-order valence-corrected chi connectivity index (χ2v) is 10.4. The highest BCUT2D eigenvalue weighted by molar-refractivity contribution is 5.92. The van der Waals surface area contributed by atoms with Crippen molar-refractivity contribution in [2.24, 2.45) is 5.92 Å². The van der Waals surface area contributed by atoms with Crippen molar-refractivity contribution in [3.05, 3.63) is 48.0 Å². The number of ether oxygens (including phenoxy) is 2. The molecule has 0 saturated carbocycles. The molecule has 1 heterocycles. The van der Waals surface area contributed by atoms with Crippen LogP contribution in [0.25, 0.3) is 0 Å². The van der Waals surface area contributed by atoms with E-state index in [0.717, 1.165) is 11.6 Å². The lowest BCUT2D eigenvalue weighted by molar-refractivity contribution is -0.137. The molecular formula is C28H40N4O8. The van der Waals surface area contributed by atoms with Gasteiger partial charge in [0, 0.05) is 31.0 Å². The molecule has 0 aromatic heterocycles. The van der Waals surface area contributed by atoms with E-state index < -0.39 is 54.2 Å². The number of aliphatic hydroxyl groups excluding tert-OH is 1. The average molecular weight is 561 g/mol. The molecule has 40 heavy (non-hydrogen) atoms. The van der Waals surface area contributed by atoms with Crippen molar-refractivity contribution in [3.63, 3.8) is 0 Å². The fourth-order valence-electron chi connectivity index (χ4n) is 4.01. The first-order valence-corrected chi connectivity index (χ1v) is 13.3. The maximum atomic E-state index is 13.2. The molecule has 12 heteroatoms. The molecule has 220 valence electrons. The molecule has 0 radical (unpaired) electrons. The Morgan fingerprint density at radius 1 is 1.07 bits per heavy atom. The lowest BCUT2D eigenvalue weighted by Crippen LogP contribution is -2.57. The van der Waals surface area contributed by atoms with E-state index in [1.807, 2.05) is 6.07 Å². The number of benzene rings is 1. The van der Waals surface area contributed by atoms with Crippen LogP contribution in [0, 0.1) is 5.92 Å². The lowest BCUT2D eigenvalue weighted by atomic mass is 9.97. The monoisotopic (exact) mass is 560 g/mol. The van der Waals surface area contributed by atoms with Gasteiger partial charge in [0.2, 0.25) is 17.7 Å². The summed E-state index contributed by atoms with van der Waals surface area (Å²) in [6.07, 6.45) is 2.64.